The molecule has 0 spiro atoms. The Hall–Kier alpha value is -2.36. The highest BCUT2D eigenvalue weighted by Crippen LogP contribution is 2.33. The van der Waals surface area contributed by atoms with Gasteiger partial charge in [-0.15, -0.1) is 0 Å². The molecule has 1 aliphatic heterocycles. The Morgan fingerprint density at radius 2 is 2.00 bits per heavy atom. The summed E-state index contributed by atoms with van der Waals surface area (Å²) in [5.41, 5.74) is 3.91. The Labute approximate surface area is 136 Å². The topological polar surface area (TPSA) is 32.3 Å². The van der Waals surface area contributed by atoms with Crippen LogP contribution >= 0.6 is 0 Å². The van der Waals surface area contributed by atoms with E-state index >= 15 is 0 Å². The number of nitrogens with zero attached hydrogens (tertiary/aromatic N) is 1. The number of likely N-dealkylation sites (tertiary alicyclic amines) is 1. The van der Waals surface area contributed by atoms with Gasteiger partial charge in [0.2, 0.25) is 0 Å². The Morgan fingerprint density at radius 3 is 2.78 bits per heavy atom. The highest BCUT2D eigenvalue weighted by molar-refractivity contribution is 5.90. The molecule has 1 saturated heterocycles. The van der Waals surface area contributed by atoms with Gasteiger partial charge < -0.3 is 10.2 Å². The Balaban J connectivity index is 1.80. The van der Waals surface area contributed by atoms with E-state index in [0.717, 1.165) is 35.2 Å². The van der Waals surface area contributed by atoms with E-state index in [-0.39, 0.29) is 17.9 Å². The van der Waals surface area contributed by atoms with Gasteiger partial charge in [0, 0.05) is 12.2 Å². The molecule has 3 nitrogen and oxygen atoms in total. The molecule has 0 radical (unpaired) electrons. The van der Waals surface area contributed by atoms with Gasteiger partial charge in [-0.25, -0.2) is 9.18 Å². The number of rotatable bonds is 2. The van der Waals surface area contributed by atoms with Crippen molar-refractivity contribution in [2.24, 2.45) is 0 Å². The van der Waals surface area contributed by atoms with E-state index in [1.807, 2.05) is 38.1 Å². The molecule has 0 aromatic heterocycles. The smallest absolute Gasteiger partial charge is 0.317 e. The van der Waals surface area contributed by atoms with Crippen LogP contribution < -0.4 is 5.32 Å². The fourth-order valence-corrected chi connectivity index (χ4v) is 3.14. The number of hydrogen-bond acceptors (Lipinski definition) is 1. The lowest BCUT2D eigenvalue weighted by atomic mass is 10.0. The monoisotopic (exact) mass is 312 g/mol. The minimum atomic E-state index is -0.260. The standard InChI is InChI=1S/C19H21FN2O/c1-13-6-3-9-17(14(13)2)21-19(23)22-11-5-10-18(22)15-7-4-8-16(20)12-15/h3-4,6-9,12,18H,5,10-11H2,1-2H3,(H,21,23)/t18-/m1/s1. The predicted octanol–water partition coefficient (Wildman–Crippen LogP) is 4.81. The third kappa shape index (κ3) is 3.21. The minimum absolute atomic E-state index is 0.0594. The molecule has 1 heterocycles. The summed E-state index contributed by atoms with van der Waals surface area (Å²) in [6.07, 6.45) is 1.80. The van der Waals surface area contributed by atoms with Crippen LogP contribution in [0.5, 0.6) is 0 Å². The van der Waals surface area contributed by atoms with Crippen LogP contribution in [0.4, 0.5) is 14.9 Å². The molecule has 3 rings (SSSR count). The fraction of sp³-hybridized carbons (Fsp3) is 0.316. The van der Waals surface area contributed by atoms with Crippen LogP contribution in [0.2, 0.25) is 0 Å². The van der Waals surface area contributed by atoms with Crippen molar-refractivity contribution in [1.29, 1.82) is 0 Å². The summed E-state index contributed by atoms with van der Waals surface area (Å²) in [6, 6.07) is 12.2. The average molecular weight is 312 g/mol. The van der Waals surface area contributed by atoms with Gasteiger partial charge in [-0.3, -0.25) is 0 Å². The van der Waals surface area contributed by atoms with Gasteiger partial charge in [-0.2, -0.15) is 0 Å². The molecule has 2 aromatic carbocycles. The third-order valence-corrected chi connectivity index (χ3v) is 4.59. The first-order valence-corrected chi connectivity index (χ1v) is 7.95. The zero-order valence-electron chi connectivity index (χ0n) is 13.5. The second-order valence-electron chi connectivity index (χ2n) is 6.08. The van der Waals surface area contributed by atoms with Crippen molar-refractivity contribution in [1.82, 2.24) is 4.90 Å². The molecule has 0 bridgehead atoms. The number of anilines is 1. The maximum absolute atomic E-state index is 13.5. The molecule has 0 aliphatic carbocycles. The molecule has 1 aliphatic rings. The van der Waals surface area contributed by atoms with Crippen molar-refractivity contribution >= 4 is 11.7 Å². The molecule has 1 atom stereocenters. The maximum Gasteiger partial charge on any atom is 0.322 e. The summed E-state index contributed by atoms with van der Waals surface area (Å²) in [5.74, 6) is -0.260. The average Bonchev–Trinajstić information content (AvgIpc) is 3.01. The van der Waals surface area contributed by atoms with Gasteiger partial charge in [-0.05, 0) is 61.6 Å². The number of halogens is 1. The number of amides is 2. The number of urea groups is 1. The molecule has 0 saturated carbocycles. The highest BCUT2D eigenvalue weighted by Gasteiger charge is 2.30. The second kappa shape index (κ2) is 6.41. The minimum Gasteiger partial charge on any atom is -0.317 e. The Kier molecular flexibility index (Phi) is 4.33. The van der Waals surface area contributed by atoms with Gasteiger partial charge in [0.1, 0.15) is 5.82 Å². The van der Waals surface area contributed by atoms with Gasteiger partial charge in [-0.1, -0.05) is 24.3 Å². The van der Waals surface area contributed by atoms with Crippen LogP contribution in [-0.4, -0.2) is 17.5 Å². The molecule has 120 valence electrons. The van der Waals surface area contributed by atoms with Crippen LogP contribution in [0.3, 0.4) is 0 Å². The molecule has 23 heavy (non-hydrogen) atoms. The van der Waals surface area contributed by atoms with E-state index in [0.29, 0.717) is 6.54 Å². The number of aryl methyl sites for hydroxylation is 1. The van der Waals surface area contributed by atoms with Crippen LogP contribution in [-0.2, 0) is 0 Å². The fourth-order valence-electron chi connectivity index (χ4n) is 3.14. The van der Waals surface area contributed by atoms with E-state index in [2.05, 4.69) is 5.32 Å². The molecule has 1 fully saturated rings. The van der Waals surface area contributed by atoms with Gasteiger partial charge in [0.15, 0.2) is 0 Å². The van der Waals surface area contributed by atoms with Gasteiger partial charge in [0.05, 0.1) is 6.04 Å². The SMILES string of the molecule is Cc1cccc(NC(=O)N2CCC[C@@H]2c2cccc(F)c2)c1C. The third-order valence-electron chi connectivity index (χ3n) is 4.59. The molecular weight excluding hydrogens is 291 g/mol. The molecule has 0 unspecified atom stereocenters. The normalized spacial score (nSPS) is 17.3. The number of benzene rings is 2. The number of hydrogen-bond donors (Lipinski definition) is 1. The summed E-state index contributed by atoms with van der Waals surface area (Å²) in [7, 11) is 0. The van der Waals surface area contributed by atoms with Crippen LogP contribution in [0.1, 0.15) is 35.6 Å². The van der Waals surface area contributed by atoms with E-state index in [1.165, 1.54) is 12.1 Å². The quantitative estimate of drug-likeness (QED) is 0.848. The Bertz CT molecular complexity index is 729. The van der Waals surface area contributed by atoms with E-state index in [9.17, 15) is 9.18 Å². The zero-order chi connectivity index (χ0) is 16.4. The van der Waals surface area contributed by atoms with Crippen molar-refractivity contribution in [3.8, 4) is 0 Å². The Morgan fingerprint density at radius 1 is 1.22 bits per heavy atom. The van der Waals surface area contributed by atoms with Gasteiger partial charge in [0.25, 0.3) is 0 Å². The summed E-state index contributed by atoms with van der Waals surface area (Å²) >= 11 is 0. The highest BCUT2D eigenvalue weighted by atomic mass is 19.1. The number of carbonyl (C=O) groups excluding carboxylic acids is 1. The van der Waals surface area contributed by atoms with Crippen LogP contribution in [0.15, 0.2) is 42.5 Å². The maximum atomic E-state index is 13.5. The predicted molar refractivity (Wildman–Crippen MR) is 90.0 cm³/mol. The first-order valence-electron chi connectivity index (χ1n) is 7.95. The molecule has 2 aromatic rings. The number of carbonyl (C=O) groups is 1. The largest absolute Gasteiger partial charge is 0.322 e. The first-order chi connectivity index (χ1) is 11.1. The second-order valence-corrected chi connectivity index (χ2v) is 6.08. The summed E-state index contributed by atoms with van der Waals surface area (Å²) in [4.78, 5) is 14.5. The van der Waals surface area contributed by atoms with Crippen LogP contribution in [0, 0.1) is 19.7 Å². The lowest BCUT2D eigenvalue weighted by Crippen LogP contribution is -2.34. The summed E-state index contributed by atoms with van der Waals surface area (Å²) < 4.78 is 13.5. The van der Waals surface area contributed by atoms with Crippen LogP contribution in [0.25, 0.3) is 0 Å². The molecule has 1 N–H and O–H groups in total. The molecule has 4 heteroatoms. The lowest BCUT2D eigenvalue weighted by Gasteiger charge is -2.26. The summed E-state index contributed by atoms with van der Waals surface area (Å²) in [5, 5.41) is 3.00. The first kappa shape index (κ1) is 15.5. The van der Waals surface area contributed by atoms with Crippen molar-refractivity contribution in [3.05, 3.63) is 65.0 Å². The van der Waals surface area contributed by atoms with Crippen molar-refractivity contribution in [2.45, 2.75) is 32.7 Å². The lowest BCUT2D eigenvalue weighted by molar-refractivity contribution is 0.207. The molecular formula is C19H21FN2O. The van der Waals surface area contributed by atoms with Crippen molar-refractivity contribution < 1.29 is 9.18 Å². The van der Waals surface area contributed by atoms with Crippen molar-refractivity contribution in [3.63, 3.8) is 0 Å². The van der Waals surface area contributed by atoms with E-state index in [4.69, 9.17) is 0 Å². The van der Waals surface area contributed by atoms with E-state index < -0.39 is 0 Å². The molecule has 2 amide bonds. The zero-order valence-corrected chi connectivity index (χ0v) is 13.5. The van der Waals surface area contributed by atoms with E-state index in [1.54, 1.807) is 11.0 Å². The summed E-state index contributed by atoms with van der Waals surface area (Å²) in [6.45, 7) is 4.72. The van der Waals surface area contributed by atoms with Gasteiger partial charge >= 0.3 is 6.03 Å². The van der Waals surface area contributed by atoms with Crippen molar-refractivity contribution in [2.75, 3.05) is 11.9 Å². The number of nitrogens with one attached hydrogen (secondary N) is 1.